The number of hydrogen-bond acceptors (Lipinski definition) is 3. The molecule has 274 valence electrons. The molecule has 4 saturated carbocycles. The molecule has 0 bridgehead atoms. The first-order chi connectivity index (χ1) is 23.6. The van der Waals surface area contributed by atoms with Crippen molar-refractivity contribution in [1.29, 1.82) is 0 Å². The number of amides is 1. The van der Waals surface area contributed by atoms with Crippen LogP contribution in [0, 0.1) is 62.5 Å². The fourth-order valence-corrected chi connectivity index (χ4v) is 14.2. The molecule has 5 fully saturated rings. The average molecular weight is 687 g/mol. The van der Waals surface area contributed by atoms with Crippen LogP contribution >= 0.6 is 0 Å². The molecule has 1 heterocycles. The molecule has 50 heavy (non-hydrogen) atoms. The normalized spacial score (nSPS) is 40.4. The van der Waals surface area contributed by atoms with Crippen LogP contribution in [-0.4, -0.2) is 48.1 Å². The number of nitrogens with one attached hydrogen (secondary N) is 1. The molecule has 5 aliphatic carbocycles. The first-order valence-electron chi connectivity index (χ1n) is 20.0. The van der Waals surface area contributed by atoms with Crippen LogP contribution in [0.1, 0.15) is 135 Å². The summed E-state index contributed by atoms with van der Waals surface area (Å²) in [4.78, 5) is 25.7. The van der Waals surface area contributed by atoms with Crippen molar-refractivity contribution in [1.82, 2.24) is 10.2 Å². The lowest BCUT2D eigenvalue weighted by Gasteiger charge is -2.72. The van der Waals surface area contributed by atoms with Crippen LogP contribution in [0.25, 0.3) is 5.57 Å². The van der Waals surface area contributed by atoms with Gasteiger partial charge in [0, 0.05) is 26.1 Å². The summed E-state index contributed by atoms with van der Waals surface area (Å²) in [6.45, 7) is 23.5. The number of hydrogen-bond donors (Lipinski definition) is 2. The molecule has 5 nitrogen and oxygen atoms in total. The number of nitrogens with zero attached hydrogens (tertiary/aromatic N) is 1. The summed E-state index contributed by atoms with van der Waals surface area (Å²) in [7, 11) is 0. The molecule has 6 aliphatic rings. The Balaban J connectivity index is 1.13. The highest BCUT2D eigenvalue weighted by Gasteiger charge is 2.70. The van der Waals surface area contributed by atoms with Gasteiger partial charge in [0.1, 0.15) is 5.82 Å². The standard InChI is InChI=1S/C44H63FN2O3/c1-28(2)30-15-20-44(27-46-23-9-25-47-24-8-10-37(47)48)22-21-42(6)33(38(30)44)13-14-36-41(5)18-16-32(29-11-12-31(39(49)50)34(45)26-29)40(3,4)35(41)17-19-43(36,42)7/h11-12,16,26,30,33,35-36,38,46H,1,8-10,13-15,17-25,27H2,2-7H3,(H,49,50)/t30-,33+,35-,36+,38+,41-,42+,43+,44+/m0/s1. The molecule has 0 unspecified atom stereocenters. The van der Waals surface area contributed by atoms with E-state index in [1.807, 2.05) is 6.07 Å². The first kappa shape index (κ1) is 35.9. The fraction of sp³-hybridized carbons (Fsp3) is 0.727. The zero-order valence-electron chi connectivity index (χ0n) is 31.8. The number of carbonyl (C=O) groups is 2. The maximum absolute atomic E-state index is 14.9. The number of carboxylic acid groups (broad SMARTS) is 1. The Bertz CT molecular complexity index is 1580. The molecule has 1 aliphatic heterocycles. The van der Waals surface area contributed by atoms with Crippen LogP contribution in [0.15, 0.2) is 36.4 Å². The molecular formula is C44H63FN2O3. The van der Waals surface area contributed by atoms with Gasteiger partial charge in [-0.05, 0) is 164 Å². The number of benzene rings is 1. The van der Waals surface area contributed by atoms with E-state index in [1.165, 1.54) is 74.6 Å². The van der Waals surface area contributed by atoms with Crippen LogP contribution < -0.4 is 5.32 Å². The predicted octanol–water partition coefficient (Wildman–Crippen LogP) is 9.78. The molecule has 1 saturated heterocycles. The third kappa shape index (κ3) is 5.30. The number of fused-ring (bicyclic) bond motifs is 7. The molecule has 6 heteroatoms. The van der Waals surface area contributed by atoms with E-state index in [9.17, 15) is 19.1 Å². The maximum Gasteiger partial charge on any atom is 0.338 e. The molecule has 9 atom stereocenters. The Labute approximate surface area is 300 Å². The van der Waals surface area contributed by atoms with Gasteiger partial charge in [-0.25, -0.2) is 9.18 Å². The van der Waals surface area contributed by atoms with Gasteiger partial charge in [-0.2, -0.15) is 0 Å². The van der Waals surface area contributed by atoms with Gasteiger partial charge in [-0.1, -0.05) is 58.9 Å². The van der Waals surface area contributed by atoms with Crippen LogP contribution in [0.4, 0.5) is 4.39 Å². The zero-order chi connectivity index (χ0) is 35.9. The van der Waals surface area contributed by atoms with E-state index in [-0.39, 0.29) is 27.2 Å². The zero-order valence-corrected chi connectivity index (χ0v) is 31.8. The minimum Gasteiger partial charge on any atom is -0.478 e. The van der Waals surface area contributed by atoms with Crippen molar-refractivity contribution in [2.75, 3.05) is 26.2 Å². The number of aromatic carboxylic acids is 1. The summed E-state index contributed by atoms with van der Waals surface area (Å²) in [6.07, 6.45) is 16.3. The largest absolute Gasteiger partial charge is 0.478 e. The van der Waals surface area contributed by atoms with Crippen LogP contribution in [0.5, 0.6) is 0 Å². The van der Waals surface area contributed by atoms with Crippen molar-refractivity contribution in [2.45, 2.75) is 119 Å². The van der Waals surface area contributed by atoms with Crippen molar-refractivity contribution >= 4 is 17.4 Å². The summed E-state index contributed by atoms with van der Waals surface area (Å²) in [5.41, 5.74) is 4.00. The van der Waals surface area contributed by atoms with Crippen LogP contribution in [-0.2, 0) is 4.79 Å². The molecule has 0 spiro atoms. The van der Waals surface area contributed by atoms with Gasteiger partial charge in [0.2, 0.25) is 5.91 Å². The van der Waals surface area contributed by atoms with Crippen LogP contribution in [0.3, 0.4) is 0 Å². The third-order valence-corrected chi connectivity index (χ3v) is 16.8. The highest BCUT2D eigenvalue weighted by Crippen LogP contribution is 2.77. The summed E-state index contributed by atoms with van der Waals surface area (Å²) in [5.74, 6) is 1.54. The predicted molar refractivity (Wildman–Crippen MR) is 199 cm³/mol. The van der Waals surface area contributed by atoms with E-state index >= 15 is 0 Å². The summed E-state index contributed by atoms with van der Waals surface area (Å²) >= 11 is 0. The lowest BCUT2D eigenvalue weighted by molar-refractivity contribution is -0.225. The minimum absolute atomic E-state index is 0.144. The Kier molecular flexibility index (Phi) is 9.04. The maximum atomic E-state index is 14.9. The Morgan fingerprint density at radius 3 is 2.48 bits per heavy atom. The van der Waals surface area contributed by atoms with Crippen molar-refractivity contribution in [3.63, 3.8) is 0 Å². The number of rotatable bonds is 9. The number of allylic oxidation sites excluding steroid dienone is 3. The summed E-state index contributed by atoms with van der Waals surface area (Å²) in [5, 5.41) is 13.4. The third-order valence-electron chi connectivity index (χ3n) is 16.8. The van der Waals surface area contributed by atoms with Gasteiger partial charge in [-0.15, -0.1) is 0 Å². The van der Waals surface area contributed by atoms with Gasteiger partial charge in [0.15, 0.2) is 0 Å². The molecule has 2 N–H and O–H groups in total. The second-order valence-electron chi connectivity index (χ2n) is 19.1. The SMILES string of the molecule is C=C(C)[C@@H]1CC[C@]2(CNCCCN3CCCC3=O)CC[C@]3(C)[C@H](CC[C@@H]4[C@@]5(C)CC=C(c6ccc(C(=O)O)c(F)c6)C(C)(C)[C@@H]5CC[C@]43C)[C@@H]12. The highest BCUT2D eigenvalue weighted by molar-refractivity contribution is 5.88. The number of carbonyl (C=O) groups excluding carboxylic acids is 1. The monoisotopic (exact) mass is 686 g/mol. The van der Waals surface area contributed by atoms with Crippen molar-refractivity contribution < 1.29 is 19.1 Å². The van der Waals surface area contributed by atoms with Gasteiger partial charge in [0.05, 0.1) is 5.56 Å². The Hall–Kier alpha value is -2.47. The molecule has 0 radical (unpaired) electrons. The summed E-state index contributed by atoms with van der Waals surface area (Å²) < 4.78 is 14.9. The van der Waals surface area contributed by atoms with Gasteiger partial charge in [-0.3, -0.25) is 4.79 Å². The van der Waals surface area contributed by atoms with E-state index in [2.05, 4.69) is 64.4 Å². The molecule has 0 aromatic heterocycles. The van der Waals surface area contributed by atoms with Gasteiger partial charge in [0.25, 0.3) is 0 Å². The van der Waals surface area contributed by atoms with E-state index in [0.29, 0.717) is 40.9 Å². The molecule has 7 rings (SSSR count). The molecule has 1 aromatic rings. The topological polar surface area (TPSA) is 69.6 Å². The quantitative estimate of drug-likeness (QED) is 0.201. The van der Waals surface area contributed by atoms with E-state index in [0.717, 1.165) is 57.4 Å². The number of carboxylic acids is 1. The lowest BCUT2D eigenvalue weighted by atomic mass is 9.32. The van der Waals surface area contributed by atoms with E-state index in [4.69, 9.17) is 0 Å². The van der Waals surface area contributed by atoms with Crippen molar-refractivity contribution in [3.8, 4) is 0 Å². The molecular weight excluding hydrogens is 623 g/mol. The summed E-state index contributed by atoms with van der Waals surface area (Å²) in [6, 6.07) is 4.71. The molecule has 1 amide bonds. The number of likely N-dealkylation sites (tertiary alicyclic amines) is 1. The van der Waals surface area contributed by atoms with E-state index < -0.39 is 11.8 Å². The average Bonchev–Trinajstić information content (AvgIpc) is 3.64. The second kappa shape index (κ2) is 12.6. The highest BCUT2D eigenvalue weighted by atomic mass is 19.1. The van der Waals surface area contributed by atoms with Gasteiger partial charge < -0.3 is 15.3 Å². The molecule has 1 aromatic carbocycles. The number of halogens is 1. The van der Waals surface area contributed by atoms with Crippen molar-refractivity contribution in [2.24, 2.45) is 56.7 Å². The van der Waals surface area contributed by atoms with E-state index in [1.54, 1.807) is 0 Å². The second-order valence-corrected chi connectivity index (χ2v) is 19.1. The Morgan fingerprint density at radius 1 is 1.02 bits per heavy atom. The Morgan fingerprint density at radius 2 is 1.80 bits per heavy atom. The minimum atomic E-state index is -1.22. The fourth-order valence-electron chi connectivity index (χ4n) is 14.2. The van der Waals surface area contributed by atoms with Crippen LogP contribution in [0.2, 0.25) is 0 Å². The smallest absolute Gasteiger partial charge is 0.338 e. The van der Waals surface area contributed by atoms with Crippen molar-refractivity contribution in [3.05, 3.63) is 53.4 Å². The van der Waals surface area contributed by atoms with Gasteiger partial charge >= 0.3 is 5.97 Å². The first-order valence-corrected chi connectivity index (χ1v) is 20.0. The lowest BCUT2D eigenvalue weighted by Crippen LogP contribution is -2.65.